The van der Waals surface area contributed by atoms with Gasteiger partial charge in [0.2, 0.25) is 0 Å². The van der Waals surface area contributed by atoms with Crippen LogP contribution in [0.5, 0.6) is 0 Å². The Morgan fingerprint density at radius 2 is 1.80 bits per heavy atom. The number of rotatable bonds is 3. The zero-order valence-corrected chi connectivity index (χ0v) is 13.1. The Balaban J connectivity index is 1.69. The van der Waals surface area contributed by atoms with Gasteiger partial charge in [-0.05, 0) is 70.6 Å². The van der Waals surface area contributed by atoms with E-state index in [1.54, 1.807) is 0 Å². The standard InChI is InChI=1S/C16H29NO3/c1-16(2,3)20-15(19)17-7-4-13(5-8-17)14-10-12(11-14)6-9-18/h12-14,18H,4-11H2,1-3H3. The minimum atomic E-state index is -0.403. The molecule has 1 aliphatic carbocycles. The highest BCUT2D eigenvalue weighted by Crippen LogP contribution is 2.44. The molecule has 1 heterocycles. The first kappa shape index (κ1) is 15.6. The van der Waals surface area contributed by atoms with Crippen molar-refractivity contribution in [2.45, 2.75) is 58.5 Å². The van der Waals surface area contributed by atoms with Gasteiger partial charge < -0.3 is 14.7 Å². The molecule has 0 atom stereocenters. The highest BCUT2D eigenvalue weighted by molar-refractivity contribution is 5.68. The molecule has 1 saturated heterocycles. The normalized spacial score (nSPS) is 28.1. The van der Waals surface area contributed by atoms with Crippen molar-refractivity contribution in [3.63, 3.8) is 0 Å². The number of hydrogen-bond donors (Lipinski definition) is 1. The van der Waals surface area contributed by atoms with Crippen LogP contribution >= 0.6 is 0 Å². The van der Waals surface area contributed by atoms with Gasteiger partial charge in [-0.3, -0.25) is 0 Å². The lowest BCUT2D eigenvalue weighted by molar-refractivity contribution is 0.00804. The summed E-state index contributed by atoms with van der Waals surface area (Å²) >= 11 is 0. The third-order valence-corrected chi connectivity index (χ3v) is 4.67. The van der Waals surface area contributed by atoms with Crippen LogP contribution in [0.2, 0.25) is 0 Å². The Kier molecular flexibility index (Phi) is 4.95. The van der Waals surface area contributed by atoms with E-state index in [-0.39, 0.29) is 6.09 Å². The van der Waals surface area contributed by atoms with Gasteiger partial charge in [0.05, 0.1) is 0 Å². The number of amides is 1. The third-order valence-electron chi connectivity index (χ3n) is 4.67. The van der Waals surface area contributed by atoms with Gasteiger partial charge in [0.25, 0.3) is 0 Å². The summed E-state index contributed by atoms with van der Waals surface area (Å²) in [5.41, 5.74) is -0.403. The van der Waals surface area contributed by atoms with Crippen molar-refractivity contribution in [1.29, 1.82) is 0 Å². The van der Waals surface area contributed by atoms with E-state index in [9.17, 15) is 4.79 Å². The molecule has 0 aromatic heterocycles. The lowest BCUT2D eigenvalue weighted by atomic mass is 9.65. The van der Waals surface area contributed by atoms with Gasteiger partial charge in [0, 0.05) is 19.7 Å². The number of piperidine rings is 1. The maximum Gasteiger partial charge on any atom is 0.410 e. The summed E-state index contributed by atoms with van der Waals surface area (Å²) in [6.45, 7) is 7.73. The predicted molar refractivity (Wildman–Crippen MR) is 78.4 cm³/mol. The van der Waals surface area contributed by atoms with Gasteiger partial charge in [0.1, 0.15) is 5.60 Å². The summed E-state index contributed by atoms with van der Waals surface area (Å²) in [4.78, 5) is 13.8. The third kappa shape index (κ3) is 4.11. The second kappa shape index (κ2) is 6.33. The summed E-state index contributed by atoms with van der Waals surface area (Å²) < 4.78 is 5.42. The maximum atomic E-state index is 12.0. The number of likely N-dealkylation sites (tertiary alicyclic amines) is 1. The van der Waals surface area contributed by atoms with Crippen LogP contribution < -0.4 is 0 Å². The van der Waals surface area contributed by atoms with Crippen molar-refractivity contribution in [3.05, 3.63) is 0 Å². The molecule has 4 heteroatoms. The number of hydrogen-bond acceptors (Lipinski definition) is 3. The van der Waals surface area contributed by atoms with Crippen molar-refractivity contribution >= 4 is 6.09 Å². The van der Waals surface area contributed by atoms with E-state index in [2.05, 4.69) is 0 Å². The summed E-state index contributed by atoms with van der Waals surface area (Å²) in [6, 6.07) is 0. The molecule has 2 fully saturated rings. The molecule has 116 valence electrons. The molecule has 1 aliphatic heterocycles. The van der Waals surface area contributed by atoms with Gasteiger partial charge in [-0.25, -0.2) is 4.79 Å². The molecule has 1 saturated carbocycles. The van der Waals surface area contributed by atoms with Crippen LogP contribution in [0.1, 0.15) is 52.9 Å². The minimum absolute atomic E-state index is 0.164. The fraction of sp³-hybridized carbons (Fsp3) is 0.938. The van der Waals surface area contributed by atoms with Crippen LogP contribution in [0.25, 0.3) is 0 Å². The van der Waals surface area contributed by atoms with Crippen molar-refractivity contribution in [1.82, 2.24) is 4.90 Å². The van der Waals surface area contributed by atoms with Gasteiger partial charge in [-0.2, -0.15) is 0 Å². The smallest absolute Gasteiger partial charge is 0.410 e. The van der Waals surface area contributed by atoms with E-state index in [0.29, 0.717) is 6.61 Å². The molecule has 0 unspecified atom stereocenters. The molecule has 0 bridgehead atoms. The molecule has 0 spiro atoms. The van der Waals surface area contributed by atoms with E-state index in [1.807, 2.05) is 25.7 Å². The van der Waals surface area contributed by atoms with Crippen LogP contribution in [-0.2, 0) is 4.74 Å². The average Bonchev–Trinajstić information content (AvgIpc) is 2.31. The molecule has 2 aliphatic rings. The second-order valence-corrected chi connectivity index (χ2v) is 7.41. The lowest BCUT2D eigenvalue weighted by Gasteiger charge is -2.44. The average molecular weight is 283 g/mol. The van der Waals surface area contributed by atoms with Crippen LogP contribution in [0, 0.1) is 17.8 Å². The van der Waals surface area contributed by atoms with E-state index < -0.39 is 5.60 Å². The molecule has 2 rings (SSSR count). The SMILES string of the molecule is CC(C)(C)OC(=O)N1CCC(C2CC(CCO)C2)CC1. The van der Waals surface area contributed by atoms with Crippen LogP contribution in [-0.4, -0.2) is 41.4 Å². The summed E-state index contributed by atoms with van der Waals surface area (Å²) in [6.07, 6.45) is 5.57. The molecule has 4 nitrogen and oxygen atoms in total. The Morgan fingerprint density at radius 3 is 2.30 bits per heavy atom. The van der Waals surface area contributed by atoms with E-state index in [0.717, 1.165) is 50.1 Å². The first-order valence-electron chi connectivity index (χ1n) is 7.98. The van der Waals surface area contributed by atoms with Gasteiger partial charge in [-0.15, -0.1) is 0 Å². The largest absolute Gasteiger partial charge is 0.444 e. The Labute approximate surface area is 122 Å². The van der Waals surface area contributed by atoms with Crippen molar-refractivity contribution in [3.8, 4) is 0 Å². The van der Waals surface area contributed by atoms with Crippen molar-refractivity contribution < 1.29 is 14.6 Å². The second-order valence-electron chi connectivity index (χ2n) is 7.41. The van der Waals surface area contributed by atoms with Gasteiger partial charge >= 0.3 is 6.09 Å². The lowest BCUT2D eigenvalue weighted by Crippen LogP contribution is -2.44. The fourth-order valence-corrected chi connectivity index (χ4v) is 3.47. The van der Waals surface area contributed by atoms with Crippen LogP contribution in [0.15, 0.2) is 0 Å². The van der Waals surface area contributed by atoms with Crippen molar-refractivity contribution in [2.75, 3.05) is 19.7 Å². The predicted octanol–water partition coefficient (Wildman–Crippen LogP) is 3.04. The Bertz CT molecular complexity index is 323. The molecular weight excluding hydrogens is 254 g/mol. The first-order valence-corrected chi connectivity index (χ1v) is 7.98. The summed E-state index contributed by atoms with van der Waals surface area (Å²) in [7, 11) is 0. The Morgan fingerprint density at radius 1 is 1.20 bits per heavy atom. The molecule has 20 heavy (non-hydrogen) atoms. The molecule has 0 aromatic carbocycles. The number of carbonyl (C=O) groups excluding carboxylic acids is 1. The zero-order chi connectivity index (χ0) is 14.8. The van der Waals surface area contributed by atoms with Crippen molar-refractivity contribution in [2.24, 2.45) is 17.8 Å². The van der Waals surface area contributed by atoms with Gasteiger partial charge in [-0.1, -0.05) is 0 Å². The quantitative estimate of drug-likeness (QED) is 0.866. The number of carbonyl (C=O) groups is 1. The fourth-order valence-electron chi connectivity index (χ4n) is 3.47. The zero-order valence-electron chi connectivity index (χ0n) is 13.1. The summed E-state index contributed by atoms with van der Waals surface area (Å²) in [5.74, 6) is 2.34. The molecule has 0 radical (unpaired) electrons. The molecule has 1 amide bonds. The van der Waals surface area contributed by atoms with Crippen LogP contribution in [0.4, 0.5) is 4.79 Å². The maximum absolute atomic E-state index is 12.0. The number of aliphatic hydroxyl groups is 1. The number of aliphatic hydroxyl groups excluding tert-OH is 1. The van der Waals surface area contributed by atoms with E-state index in [4.69, 9.17) is 9.84 Å². The Hall–Kier alpha value is -0.770. The summed E-state index contributed by atoms with van der Waals surface area (Å²) in [5, 5.41) is 8.93. The monoisotopic (exact) mass is 283 g/mol. The van der Waals surface area contributed by atoms with E-state index >= 15 is 0 Å². The van der Waals surface area contributed by atoms with Gasteiger partial charge in [0.15, 0.2) is 0 Å². The highest BCUT2D eigenvalue weighted by atomic mass is 16.6. The molecular formula is C16H29NO3. The molecule has 0 aromatic rings. The van der Waals surface area contributed by atoms with E-state index in [1.165, 1.54) is 12.8 Å². The highest BCUT2D eigenvalue weighted by Gasteiger charge is 2.37. The van der Waals surface area contributed by atoms with Crippen LogP contribution in [0.3, 0.4) is 0 Å². The minimum Gasteiger partial charge on any atom is -0.444 e. The number of ether oxygens (including phenoxy) is 1. The topological polar surface area (TPSA) is 49.8 Å². The number of nitrogens with zero attached hydrogens (tertiary/aromatic N) is 1. The molecule has 1 N–H and O–H groups in total. The first-order chi connectivity index (χ1) is 9.39.